The van der Waals surface area contributed by atoms with Crippen LogP contribution in [0.5, 0.6) is 5.75 Å². The number of ether oxygens (including phenoxy) is 2. The molecule has 0 unspecified atom stereocenters. The highest BCUT2D eigenvalue weighted by atomic mass is 32.2. The number of aromatic amines is 1. The van der Waals surface area contributed by atoms with Gasteiger partial charge in [-0.25, -0.2) is 4.79 Å². The van der Waals surface area contributed by atoms with Gasteiger partial charge in [0.05, 0.1) is 18.0 Å². The maximum Gasteiger partial charge on any atom is 0.329 e. The predicted octanol–water partition coefficient (Wildman–Crippen LogP) is -0.0745. The van der Waals surface area contributed by atoms with Crippen molar-refractivity contribution in [2.24, 2.45) is 0 Å². The summed E-state index contributed by atoms with van der Waals surface area (Å²) < 4.78 is 12.0. The van der Waals surface area contributed by atoms with Gasteiger partial charge in [-0.1, -0.05) is 18.2 Å². The smallest absolute Gasteiger partial charge is 0.329 e. The molecule has 0 amide bonds. The zero-order valence-corrected chi connectivity index (χ0v) is 14.0. The number of aliphatic hydroxyl groups excluding tert-OH is 2. The Balaban J connectivity index is 1.56. The summed E-state index contributed by atoms with van der Waals surface area (Å²) in [4.78, 5) is 25.1. The normalized spacial score (nSPS) is 25.8. The highest BCUT2D eigenvalue weighted by Crippen LogP contribution is 2.41. The number of H-pyrrole nitrogens is 1. The van der Waals surface area contributed by atoms with Crippen molar-refractivity contribution in [1.82, 2.24) is 9.55 Å². The summed E-state index contributed by atoms with van der Waals surface area (Å²) in [6.07, 6.45) is -0.918. The molecule has 0 saturated carbocycles. The van der Waals surface area contributed by atoms with E-state index < -0.39 is 34.1 Å². The van der Waals surface area contributed by atoms with E-state index in [2.05, 4.69) is 4.98 Å². The molecule has 1 aromatic carbocycles. The molecule has 1 saturated heterocycles. The Labute approximate surface area is 147 Å². The van der Waals surface area contributed by atoms with Gasteiger partial charge in [-0.05, 0) is 12.1 Å². The summed E-state index contributed by atoms with van der Waals surface area (Å²) in [5.41, 5.74) is -1.15. The van der Waals surface area contributed by atoms with Crippen LogP contribution in [0, 0.1) is 0 Å². The fourth-order valence-electron chi connectivity index (χ4n) is 2.52. The molecule has 25 heavy (non-hydrogen) atoms. The number of thioether (sulfide) groups is 1. The van der Waals surface area contributed by atoms with E-state index in [4.69, 9.17) is 9.47 Å². The average molecular weight is 366 g/mol. The van der Waals surface area contributed by atoms with Gasteiger partial charge < -0.3 is 19.7 Å². The highest BCUT2D eigenvalue weighted by molar-refractivity contribution is 8.00. The van der Waals surface area contributed by atoms with Gasteiger partial charge in [0, 0.05) is 12.3 Å². The van der Waals surface area contributed by atoms with E-state index >= 15 is 0 Å². The summed E-state index contributed by atoms with van der Waals surface area (Å²) in [5, 5.41) is 19.2. The molecule has 0 aliphatic carbocycles. The largest absolute Gasteiger partial charge is 0.468 e. The summed E-state index contributed by atoms with van der Waals surface area (Å²) in [6.45, 7) is 0.150. The molecule has 9 heteroatoms. The zero-order valence-electron chi connectivity index (χ0n) is 13.1. The van der Waals surface area contributed by atoms with Gasteiger partial charge >= 0.3 is 5.69 Å². The number of hydrogen-bond donors (Lipinski definition) is 3. The van der Waals surface area contributed by atoms with Crippen LogP contribution in [0.4, 0.5) is 0 Å². The molecule has 2 aromatic rings. The van der Waals surface area contributed by atoms with E-state index in [1.165, 1.54) is 28.6 Å². The second-order valence-electron chi connectivity index (χ2n) is 5.51. The lowest BCUT2D eigenvalue weighted by Crippen LogP contribution is -2.37. The van der Waals surface area contributed by atoms with Gasteiger partial charge in [-0.15, -0.1) is 11.8 Å². The van der Waals surface area contributed by atoms with Crippen molar-refractivity contribution < 1.29 is 19.7 Å². The maximum atomic E-state index is 11.9. The number of para-hydroxylation sites is 1. The molecule has 1 aromatic heterocycles. The minimum Gasteiger partial charge on any atom is -0.468 e. The summed E-state index contributed by atoms with van der Waals surface area (Å²) in [7, 11) is 0. The molecule has 1 aliphatic rings. The maximum absolute atomic E-state index is 11.9. The Hall–Kier alpha value is -2.07. The van der Waals surface area contributed by atoms with Crippen LogP contribution in [0.25, 0.3) is 0 Å². The third-order valence-corrected chi connectivity index (χ3v) is 5.35. The molecule has 2 heterocycles. The third kappa shape index (κ3) is 4.13. The van der Waals surface area contributed by atoms with Crippen molar-refractivity contribution >= 4 is 11.8 Å². The van der Waals surface area contributed by atoms with E-state index in [1.54, 1.807) is 12.1 Å². The van der Waals surface area contributed by atoms with Gasteiger partial charge in [0.15, 0.2) is 6.79 Å². The average Bonchev–Trinajstić information content (AvgIpc) is 2.88. The summed E-state index contributed by atoms with van der Waals surface area (Å²) in [6, 6.07) is 10.3. The van der Waals surface area contributed by atoms with E-state index in [0.717, 1.165) is 0 Å². The van der Waals surface area contributed by atoms with Crippen LogP contribution in [-0.4, -0.2) is 50.6 Å². The van der Waals surface area contributed by atoms with Crippen LogP contribution in [0.3, 0.4) is 0 Å². The van der Waals surface area contributed by atoms with Crippen LogP contribution in [0.1, 0.15) is 5.37 Å². The first-order valence-corrected chi connectivity index (χ1v) is 8.59. The lowest BCUT2D eigenvalue weighted by atomic mass is 10.1. The number of aliphatic hydroxyl groups is 2. The molecule has 3 rings (SSSR count). The molecule has 0 radical (unpaired) electrons. The number of hydrogen-bond acceptors (Lipinski definition) is 7. The molecule has 1 fully saturated rings. The Morgan fingerprint density at radius 1 is 1.12 bits per heavy atom. The molecule has 134 valence electrons. The van der Waals surface area contributed by atoms with Crippen molar-refractivity contribution in [3.63, 3.8) is 0 Å². The molecule has 3 N–H and O–H groups in total. The second-order valence-corrected chi connectivity index (χ2v) is 6.87. The predicted molar refractivity (Wildman–Crippen MR) is 91.6 cm³/mol. The van der Waals surface area contributed by atoms with E-state index in [1.807, 2.05) is 18.2 Å². The SMILES string of the molecule is O=c1ccn([C@@H]2S[C@H](COCOc3ccccc3)[C@@H](O)[C@H]2O)c(=O)[nH]1. The number of aromatic nitrogens is 2. The monoisotopic (exact) mass is 366 g/mol. The molecule has 0 spiro atoms. The van der Waals surface area contributed by atoms with Crippen LogP contribution < -0.4 is 16.0 Å². The molecule has 8 nitrogen and oxygen atoms in total. The first-order chi connectivity index (χ1) is 12.1. The Morgan fingerprint density at radius 3 is 2.60 bits per heavy atom. The van der Waals surface area contributed by atoms with Crippen molar-refractivity contribution in [3.05, 3.63) is 63.4 Å². The number of rotatable bonds is 6. The summed E-state index contributed by atoms with van der Waals surface area (Å²) in [5.74, 6) is 0.667. The van der Waals surface area contributed by atoms with Gasteiger partial charge in [-0.2, -0.15) is 0 Å². The first kappa shape index (κ1) is 17.7. The van der Waals surface area contributed by atoms with E-state index in [-0.39, 0.29) is 13.4 Å². The zero-order chi connectivity index (χ0) is 17.8. The van der Waals surface area contributed by atoms with Crippen LogP contribution >= 0.6 is 11.8 Å². The molecule has 4 atom stereocenters. The van der Waals surface area contributed by atoms with Crippen molar-refractivity contribution in [2.45, 2.75) is 22.8 Å². The highest BCUT2D eigenvalue weighted by Gasteiger charge is 2.43. The van der Waals surface area contributed by atoms with Crippen molar-refractivity contribution in [2.75, 3.05) is 13.4 Å². The van der Waals surface area contributed by atoms with Crippen LogP contribution in [-0.2, 0) is 4.74 Å². The number of nitrogens with zero attached hydrogens (tertiary/aromatic N) is 1. The summed E-state index contributed by atoms with van der Waals surface area (Å²) >= 11 is 1.21. The molecular formula is C16H18N2O6S. The minimum absolute atomic E-state index is 0.00710. The van der Waals surface area contributed by atoms with Gasteiger partial charge in [0.25, 0.3) is 5.56 Å². The third-order valence-electron chi connectivity index (χ3n) is 3.80. The quantitative estimate of drug-likeness (QED) is 0.484. The lowest BCUT2D eigenvalue weighted by Gasteiger charge is -2.17. The Kier molecular flexibility index (Phi) is 5.59. The topological polar surface area (TPSA) is 114 Å². The number of nitrogens with one attached hydrogen (secondary N) is 1. The fraction of sp³-hybridized carbons (Fsp3) is 0.375. The second kappa shape index (κ2) is 7.87. The van der Waals surface area contributed by atoms with E-state index in [9.17, 15) is 19.8 Å². The molecular weight excluding hydrogens is 348 g/mol. The van der Waals surface area contributed by atoms with Crippen LogP contribution in [0.2, 0.25) is 0 Å². The Morgan fingerprint density at radius 2 is 1.88 bits per heavy atom. The fourth-order valence-corrected chi connectivity index (χ4v) is 3.99. The molecule has 0 bridgehead atoms. The first-order valence-electron chi connectivity index (χ1n) is 7.65. The number of benzene rings is 1. The van der Waals surface area contributed by atoms with E-state index in [0.29, 0.717) is 5.75 Å². The lowest BCUT2D eigenvalue weighted by molar-refractivity contribution is -0.0224. The van der Waals surface area contributed by atoms with Gasteiger partial charge in [0.2, 0.25) is 0 Å². The van der Waals surface area contributed by atoms with Gasteiger partial charge in [-0.3, -0.25) is 14.3 Å². The minimum atomic E-state index is -1.16. The van der Waals surface area contributed by atoms with Crippen LogP contribution in [0.15, 0.2) is 52.2 Å². The Bertz CT molecular complexity index is 808. The van der Waals surface area contributed by atoms with Crippen molar-refractivity contribution in [3.8, 4) is 5.75 Å². The molecule has 1 aliphatic heterocycles. The standard InChI is InChI=1S/C16H18N2O6S/c19-12-6-7-18(16(22)17-12)15-14(21)13(20)11(25-15)8-23-9-24-10-4-2-1-3-5-10/h1-7,11,13-15,20-21H,8-9H2,(H,17,19,22)/t11-,13-,14-,15-/m1/s1. The van der Waals surface area contributed by atoms with Gasteiger partial charge in [0.1, 0.15) is 17.2 Å². The van der Waals surface area contributed by atoms with Crippen molar-refractivity contribution in [1.29, 1.82) is 0 Å².